The van der Waals surface area contributed by atoms with Gasteiger partial charge in [0.2, 0.25) is 0 Å². The van der Waals surface area contributed by atoms with Gasteiger partial charge in [-0.05, 0) is 30.7 Å². The van der Waals surface area contributed by atoms with Crippen LogP contribution in [0.1, 0.15) is 131 Å². The molecule has 2 nitrogen and oxygen atoms in total. The second-order valence-corrected chi connectivity index (χ2v) is 7.20. The topological polar surface area (TPSA) is 25.8 Å². The average molecular weight is 395 g/mol. The third-order valence-electron chi connectivity index (χ3n) is 4.78. The van der Waals surface area contributed by atoms with Crippen molar-refractivity contribution in [3.63, 3.8) is 0 Å². The highest BCUT2D eigenvalue weighted by Crippen LogP contribution is 2.27. The van der Waals surface area contributed by atoms with Crippen LogP contribution in [0.15, 0.2) is 12.4 Å². The summed E-state index contributed by atoms with van der Waals surface area (Å²) in [6, 6.07) is 0. The van der Waals surface area contributed by atoms with E-state index in [9.17, 15) is 0 Å². The van der Waals surface area contributed by atoms with Gasteiger partial charge >= 0.3 is 0 Å². The van der Waals surface area contributed by atoms with Crippen LogP contribution in [0.5, 0.6) is 0 Å². The number of nitrogens with zero attached hydrogens (tertiary/aromatic N) is 2. The highest BCUT2D eigenvalue weighted by Gasteiger charge is 2.15. The number of unbranched alkanes of at least 4 members (excludes halogenated alkanes) is 2. The van der Waals surface area contributed by atoms with E-state index in [0.29, 0.717) is 0 Å². The summed E-state index contributed by atoms with van der Waals surface area (Å²) >= 11 is 0. The monoisotopic (exact) mass is 394 g/mol. The molecule has 1 atom stereocenters. The minimum Gasteiger partial charge on any atom is -0.241 e. The minimum absolute atomic E-state index is 0.847. The highest BCUT2D eigenvalue weighted by molar-refractivity contribution is 5.04. The van der Waals surface area contributed by atoms with Crippen LogP contribution in [0.4, 0.5) is 0 Å². The van der Waals surface area contributed by atoms with Crippen molar-refractivity contribution in [1.82, 2.24) is 9.97 Å². The molecule has 0 saturated carbocycles. The Hall–Kier alpha value is -0.920. The van der Waals surface area contributed by atoms with Gasteiger partial charge in [-0.1, -0.05) is 120 Å². The second kappa shape index (κ2) is 26.1. The quantitative estimate of drug-likeness (QED) is 0.373. The summed E-state index contributed by atoms with van der Waals surface area (Å²) in [6.07, 6.45) is 17.3. The van der Waals surface area contributed by atoms with Crippen molar-refractivity contribution in [2.45, 2.75) is 133 Å². The summed E-state index contributed by atoms with van der Waals surface area (Å²) in [5, 5.41) is 0. The molecule has 0 aliphatic rings. The molecule has 0 bridgehead atoms. The molecule has 0 spiro atoms. The lowest BCUT2D eigenvalue weighted by atomic mass is 9.83. The predicted molar refractivity (Wildman–Crippen MR) is 130 cm³/mol. The molecule has 0 saturated heterocycles. The van der Waals surface area contributed by atoms with Crippen LogP contribution >= 0.6 is 0 Å². The Bertz CT molecular complexity index is 365. The van der Waals surface area contributed by atoms with Crippen molar-refractivity contribution in [2.24, 2.45) is 11.8 Å². The molecule has 0 aliphatic heterocycles. The van der Waals surface area contributed by atoms with Gasteiger partial charge in [0.1, 0.15) is 5.82 Å². The molecule has 28 heavy (non-hydrogen) atoms. The fourth-order valence-electron chi connectivity index (χ4n) is 3.17. The molecule has 168 valence electrons. The Balaban J connectivity index is -0.000000390. The lowest BCUT2D eigenvalue weighted by molar-refractivity contribution is 0.284. The number of rotatable bonds is 11. The Morgan fingerprint density at radius 3 is 1.54 bits per heavy atom. The summed E-state index contributed by atoms with van der Waals surface area (Å²) < 4.78 is 0. The molecule has 0 radical (unpaired) electrons. The molecule has 1 rings (SSSR count). The zero-order valence-electron chi connectivity index (χ0n) is 21.3. The molecular weight excluding hydrogens is 340 g/mol. The molecule has 1 aromatic rings. The van der Waals surface area contributed by atoms with E-state index in [0.717, 1.165) is 30.5 Å². The van der Waals surface area contributed by atoms with Gasteiger partial charge in [0.25, 0.3) is 0 Å². The van der Waals surface area contributed by atoms with Crippen LogP contribution in [0.25, 0.3) is 0 Å². The van der Waals surface area contributed by atoms with Gasteiger partial charge in [-0.15, -0.1) is 0 Å². The lowest BCUT2D eigenvalue weighted by Crippen LogP contribution is -2.11. The molecule has 1 aromatic heterocycles. The minimum atomic E-state index is 0.847. The lowest BCUT2D eigenvalue weighted by Gasteiger charge is -2.23. The van der Waals surface area contributed by atoms with E-state index in [1.54, 1.807) is 0 Å². The maximum Gasteiger partial charge on any atom is 0.125 e. The van der Waals surface area contributed by atoms with E-state index in [1.807, 2.05) is 47.0 Å². The Kier molecular flexibility index (Phi) is 29.6. The van der Waals surface area contributed by atoms with Gasteiger partial charge in [-0.3, -0.25) is 0 Å². The van der Waals surface area contributed by atoms with E-state index in [4.69, 9.17) is 0 Å². The van der Waals surface area contributed by atoms with E-state index < -0.39 is 0 Å². The van der Waals surface area contributed by atoms with Crippen LogP contribution in [-0.4, -0.2) is 9.97 Å². The van der Waals surface area contributed by atoms with Gasteiger partial charge < -0.3 is 0 Å². The van der Waals surface area contributed by atoms with Gasteiger partial charge in [-0.2, -0.15) is 0 Å². The fraction of sp³-hybridized carbons (Fsp3) is 0.846. The molecular formula is C26H54N2. The van der Waals surface area contributed by atoms with Crippen LogP contribution in [0.2, 0.25) is 0 Å². The van der Waals surface area contributed by atoms with Gasteiger partial charge in [0, 0.05) is 12.4 Å². The molecule has 1 heterocycles. The first-order chi connectivity index (χ1) is 13.6. The fourth-order valence-corrected chi connectivity index (χ4v) is 3.17. The van der Waals surface area contributed by atoms with Gasteiger partial charge in [0.05, 0.1) is 0 Å². The van der Waals surface area contributed by atoms with Crippen molar-refractivity contribution < 1.29 is 0 Å². The maximum atomic E-state index is 4.09. The molecule has 0 fully saturated rings. The van der Waals surface area contributed by atoms with Crippen LogP contribution in [0.3, 0.4) is 0 Å². The van der Waals surface area contributed by atoms with Crippen molar-refractivity contribution >= 4 is 0 Å². The normalized spacial score (nSPS) is 10.7. The summed E-state index contributed by atoms with van der Waals surface area (Å²) in [4.78, 5) is 8.17. The Labute approximate surface area is 179 Å². The summed E-state index contributed by atoms with van der Waals surface area (Å²) in [6.45, 7) is 21.4. The van der Waals surface area contributed by atoms with E-state index >= 15 is 0 Å². The van der Waals surface area contributed by atoms with E-state index in [-0.39, 0.29) is 0 Å². The summed E-state index contributed by atoms with van der Waals surface area (Å²) in [7, 11) is 0. The maximum absolute atomic E-state index is 4.09. The van der Waals surface area contributed by atoms with Crippen LogP contribution in [-0.2, 0) is 6.42 Å². The smallest absolute Gasteiger partial charge is 0.125 e. The summed E-state index contributed by atoms with van der Waals surface area (Å²) in [5.41, 5.74) is 1.23. The van der Waals surface area contributed by atoms with Crippen molar-refractivity contribution in [3.05, 3.63) is 23.8 Å². The number of aryl methyl sites for hydroxylation is 2. The first-order valence-corrected chi connectivity index (χ1v) is 12.4. The number of aromatic nitrogens is 2. The van der Waals surface area contributed by atoms with E-state index in [1.165, 1.54) is 56.9 Å². The third kappa shape index (κ3) is 19.8. The number of hydrogen-bond donors (Lipinski definition) is 0. The molecule has 0 N–H and O–H groups in total. The predicted octanol–water partition coefficient (Wildman–Crippen LogP) is 9.21. The van der Waals surface area contributed by atoms with Gasteiger partial charge in [0.15, 0.2) is 0 Å². The number of hydrogen-bond acceptors (Lipinski definition) is 2. The molecule has 0 amide bonds. The third-order valence-corrected chi connectivity index (χ3v) is 4.78. The molecule has 0 aromatic carbocycles. The molecule has 2 heteroatoms. The zero-order chi connectivity index (χ0) is 22.2. The standard InChI is InChI=1S/C14H30.C8H12N2.2C2H6/c1-5-8-11-14(12-9-6-2)13(4)10-7-3;1-3-4-8-5-9-7(2)10-6-8;2*1-2/h13-14H,5-12H2,1-4H3;5-6H,3-4H2,1-2H3;2*1-2H3. The SMILES string of the molecule is CC.CC.CCCCC(CCCC)C(C)CCC.CCCc1cnc(C)nc1. The average Bonchev–Trinajstić information content (AvgIpc) is 2.73. The largest absolute Gasteiger partial charge is 0.241 e. The van der Waals surface area contributed by atoms with Crippen LogP contribution < -0.4 is 0 Å². The van der Waals surface area contributed by atoms with Crippen molar-refractivity contribution in [1.29, 1.82) is 0 Å². The highest BCUT2D eigenvalue weighted by atomic mass is 14.8. The first-order valence-electron chi connectivity index (χ1n) is 12.4. The van der Waals surface area contributed by atoms with E-state index in [2.05, 4.69) is 44.6 Å². The van der Waals surface area contributed by atoms with Gasteiger partial charge in [-0.25, -0.2) is 9.97 Å². The summed E-state index contributed by atoms with van der Waals surface area (Å²) in [5.74, 6) is 2.81. The Morgan fingerprint density at radius 2 is 1.18 bits per heavy atom. The molecule has 0 aliphatic carbocycles. The van der Waals surface area contributed by atoms with Crippen LogP contribution in [0, 0.1) is 18.8 Å². The second-order valence-electron chi connectivity index (χ2n) is 7.20. The Morgan fingerprint density at radius 1 is 0.714 bits per heavy atom. The molecule has 1 unspecified atom stereocenters. The first kappa shape index (κ1) is 31.8. The van der Waals surface area contributed by atoms with Crippen molar-refractivity contribution in [2.75, 3.05) is 0 Å². The van der Waals surface area contributed by atoms with Crippen molar-refractivity contribution in [3.8, 4) is 0 Å². The zero-order valence-corrected chi connectivity index (χ0v) is 21.3.